The fourth-order valence-electron chi connectivity index (χ4n) is 2.16. The van der Waals surface area contributed by atoms with Crippen LogP contribution in [0.15, 0.2) is 18.2 Å². The molecular formula is C12H13F2NO. The highest BCUT2D eigenvalue weighted by Crippen LogP contribution is 2.28. The molecule has 1 fully saturated rings. The van der Waals surface area contributed by atoms with E-state index in [0.29, 0.717) is 12.8 Å². The van der Waals surface area contributed by atoms with E-state index in [-0.39, 0.29) is 23.3 Å². The van der Waals surface area contributed by atoms with Gasteiger partial charge in [-0.15, -0.1) is 0 Å². The molecule has 1 aromatic carbocycles. The Bertz CT molecular complexity index is 419. The summed E-state index contributed by atoms with van der Waals surface area (Å²) >= 11 is 0. The third kappa shape index (κ3) is 2.11. The van der Waals surface area contributed by atoms with Gasteiger partial charge in [-0.1, -0.05) is 0 Å². The number of ketones is 1. The van der Waals surface area contributed by atoms with Gasteiger partial charge in [-0.2, -0.15) is 0 Å². The van der Waals surface area contributed by atoms with Crippen LogP contribution >= 0.6 is 0 Å². The van der Waals surface area contributed by atoms with Crippen LogP contribution in [-0.4, -0.2) is 11.8 Å². The first-order chi connectivity index (χ1) is 7.58. The maximum absolute atomic E-state index is 13.4. The lowest BCUT2D eigenvalue weighted by molar-refractivity contribution is 0.0917. The third-order valence-electron chi connectivity index (χ3n) is 3.04. The molecule has 1 aliphatic rings. The van der Waals surface area contributed by atoms with E-state index in [0.717, 1.165) is 24.6 Å². The van der Waals surface area contributed by atoms with Crippen LogP contribution in [0.4, 0.5) is 8.78 Å². The number of hydrogen-bond donors (Lipinski definition) is 1. The zero-order valence-corrected chi connectivity index (χ0v) is 8.75. The zero-order chi connectivity index (χ0) is 11.7. The van der Waals surface area contributed by atoms with E-state index < -0.39 is 11.6 Å². The molecule has 1 aromatic rings. The van der Waals surface area contributed by atoms with Gasteiger partial charge in [-0.25, -0.2) is 8.78 Å². The molecule has 2 rings (SSSR count). The predicted octanol–water partition coefficient (Wildman–Crippen LogP) is 2.27. The Labute approximate surface area is 92.4 Å². The largest absolute Gasteiger partial charge is 0.328 e. The SMILES string of the molecule is NC1CCC(C(=O)c2cc(F)ccc2F)C1. The topological polar surface area (TPSA) is 43.1 Å². The minimum Gasteiger partial charge on any atom is -0.328 e. The summed E-state index contributed by atoms with van der Waals surface area (Å²) in [6.45, 7) is 0. The summed E-state index contributed by atoms with van der Waals surface area (Å²) in [7, 11) is 0. The van der Waals surface area contributed by atoms with Crippen LogP contribution in [0.3, 0.4) is 0 Å². The molecule has 2 atom stereocenters. The molecule has 0 saturated heterocycles. The molecule has 1 aliphatic carbocycles. The quantitative estimate of drug-likeness (QED) is 0.784. The van der Waals surface area contributed by atoms with E-state index in [4.69, 9.17) is 5.73 Å². The smallest absolute Gasteiger partial charge is 0.169 e. The standard InChI is InChI=1S/C12H13F2NO/c13-8-2-4-11(14)10(6-8)12(16)7-1-3-9(15)5-7/h2,4,6-7,9H,1,3,5,15H2. The van der Waals surface area contributed by atoms with E-state index in [1.807, 2.05) is 0 Å². The second-order valence-electron chi connectivity index (χ2n) is 4.26. The van der Waals surface area contributed by atoms with Crippen molar-refractivity contribution in [1.29, 1.82) is 0 Å². The van der Waals surface area contributed by atoms with Crippen LogP contribution in [0.1, 0.15) is 29.6 Å². The van der Waals surface area contributed by atoms with Crippen LogP contribution in [-0.2, 0) is 0 Å². The van der Waals surface area contributed by atoms with Crippen molar-refractivity contribution in [1.82, 2.24) is 0 Å². The number of nitrogens with two attached hydrogens (primary N) is 1. The van der Waals surface area contributed by atoms with Crippen LogP contribution < -0.4 is 5.73 Å². The highest BCUT2D eigenvalue weighted by molar-refractivity contribution is 5.98. The average molecular weight is 225 g/mol. The van der Waals surface area contributed by atoms with Crippen molar-refractivity contribution < 1.29 is 13.6 Å². The van der Waals surface area contributed by atoms with E-state index in [9.17, 15) is 13.6 Å². The van der Waals surface area contributed by atoms with E-state index >= 15 is 0 Å². The highest BCUT2D eigenvalue weighted by Gasteiger charge is 2.29. The Kier molecular flexibility index (Phi) is 3.01. The Morgan fingerprint density at radius 1 is 1.31 bits per heavy atom. The van der Waals surface area contributed by atoms with Crippen LogP contribution in [0.2, 0.25) is 0 Å². The molecule has 1 saturated carbocycles. The van der Waals surface area contributed by atoms with Crippen LogP contribution in [0, 0.1) is 17.6 Å². The normalized spacial score (nSPS) is 24.7. The highest BCUT2D eigenvalue weighted by atomic mass is 19.1. The summed E-state index contributed by atoms with van der Waals surface area (Å²) < 4.78 is 26.3. The van der Waals surface area contributed by atoms with Gasteiger partial charge in [0.25, 0.3) is 0 Å². The Morgan fingerprint density at radius 3 is 2.69 bits per heavy atom. The Morgan fingerprint density at radius 2 is 2.06 bits per heavy atom. The van der Waals surface area contributed by atoms with Gasteiger partial charge in [0.1, 0.15) is 11.6 Å². The van der Waals surface area contributed by atoms with E-state index in [1.54, 1.807) is 0 Å². The van der Waals surface area contributed by atoms with Crippen molar-refractivity contribution >= 4 is 5.78 Å². The fourth-order valence-corrected chi connectivity index (χ4v) is 2.16. The summed E-state index contributed by atoms with van der Waals surface area (Å²) in [4.78, 5) is 11.9. The first kappa shape index (κ1) is 11.2. The second-order valence-corrected chi connectivity index (χ2v) is 4.26. The number of carbonyl (C=O) groups is 1. The maximum atomic E-state index is 13.4. The molecule has 0 amide bonds. The van der Waals surface area contributed by atoms with Gasteiger partial charge in [-0.3, -0.25) is 4.79 Å². The summed E-state index contributed by atoms with van der Waals surface area (Å²) in [5.41, 5.74) is 5.54. The predicted molar refractivity (Wildman–Crippen MR) is 56.0 cm³/mol. The minimum absolute atomic E-state index is 0.00516. The molecule has 2 unspecified atom stereocenters. The number of carbonyl (C=O) groups excluding carboxylic acids is 1. The molecule has 0 heterocycles. The fraction of sp³-hybridized carbons (Fsp3) is 0.417. The summed E-state index contributed by atoms with van der Waals surface area (Å²) in [6, 6.07) is 2.96. The molecule has 0 aromatic heterocycles. The number of halogens is 2. The lowest BCUT2D eigenvalue weighted by atomic mass is 9.95. The summed E-state index contributed by atoms with van der Waals surface area (Å²) in [5.74, 6) is -1.84. The van der Waals surface area contributed by atoms with Gasteiger partial charge < -0.3 is 5.73 Å². The molecule has 2 nitrogen and oxygen atoms in total. The van der Waals surface area contributed by atoms with Gasteiger partial charge in [0.15, 0.2) is 5.78 Å². The van der Waals surface area contributed by atoms with Gasteiger partial charge in [0.2, 0.25) is 0 Å². The lowest BCUT2D eigenvalue weighted by Crippen LogP contribution is -2.18. The first-order valence-electron chi connectivity index (χ1n) is 5.33. The van der Waals surface area contributed by atoms with Crippen molar-refractivity contribution in [2.45, 2.75) is 25.3 Å². The van der Waals surface area contributed by atoms with E-state index in [2.05, 4.69) is 0 Å². The molecule has 0 spiro atoms. The molecule has 16 heavy (non-hydrogen) atoms. The molecule has 0 aliphatic heterocycles. The average Bonchev–Trinajstić information content (AvgIpc) is 2.67. The third-order valence-corrected chi connectivity index (χ3v) is 3.04. The molecule has 4 heteroatoms. The molecule has 86 valence electrons. The van der Waals surface area contributed by atoms with Crippen molar-refractivity contribution in [2.24, 2.45) is 11.7 Å². The van der Waals surface area contributed by atoms with E-state index in [1.165, 1.54) is 0 Å². The number of hydrogen-bond acceptors (Lipinski definition) is 2. The Hall–Kier alpha value is -1.29. The molecular weight excluding hydrogens is 212 g/mol. The maximum Gasteiger partial charge on any atom is 0.169 e. The van der Waals surface area contributed by atoms with Crippen molar-refractivity contribution in [3.63, 3.8) is 0 Å². The lowest BCUT2D eigenvalue weighted by Gasteiger charge is -2.09. The second kappa shape index (κ2) is 4.29. The van der Waals surface area contributed by atoms with Gasteiger partial charge >= 0.3 is 0 Å². The number of benzene rings is 1. The van der Waals surface area contributed by atoms with Crippen molar-refractivity contribution in [2.75, 3.05) is 0 Å². The zero-order valence-electron chi connectivity index (χ0n) is 8.75. The molecule has 0 bridgehead atoms. The molecule has 0 radical (unpaired) electrons. The Balaban J connectivity index is 2.23. The van der Waals surface area contributed by atoms with Gasteiger partial charge in [0.05, 0.1) is 5.56 Å². The van der Waals surface area contributed by atoms with Gasteiger partial charge in [0, 0.05) is 12.0 Å². The van der Waals surface area contributed by atoms with Crippen LogP contribution in [0.5, 0.6) is 0 Å². The van der Waals surface area contributed by atoms with Gasteiger partial charge in [-0.05, 0) is 37.5 Å². The summed E-state index contributed by atoms with van der Waals surface area (Å²) in [5, 5.41) is 0. The van der Waals surface area contributed by atoms with Crippen LogP contribution in [0.25, 0.3) is 0 Å². The van der Waals surface area contributed by atoms with Crippen molar-refractivity contribution in [3.8, 4) is 0 Å². The monoisotopic (exact) mass is 225 g/mol. The van der Waals surface area contributed by atoms with Crippen molar-refractivity contribution in [3.05, 3.63) is 35.4 Å². The first-order valence-corrected chi connectivity index (χ1v) is 5.33. The number of rotatable bonds is 2. The minimum atomic E-state index is -0.660. The molecule has 2 N–H and O–H groups in total. The number of Topliss-reactive ketones (excluding diaryl/α,β-unsaturated/α-hetero) is 1. The summed E-state index contributed by atoms with van der Waals surface area (Å²) in [6.07, 6.45) is 2.00.